The SMILES string of the molecule is Cc1cccc(N2N=C(C(=O)NCCc3cccc(C(N)=O)c3)CCC2=O)c1. The summed E-state index contributed by atoms with van der Waals surface area (Å²) in [6.45, 7) is 2.32. The predicted octanol–water partition coefficient (Wildman–Crippen LogP) is 1.94. The van der Waals surface area contributed by atoms with E-state index in [1.165, 1.54) is 5.01 Å². The molecule has 3 N–H and O–H groups in total. The van der Waals surface area contributed by atoms with Crippen LogP contribution in [0.5, 0.6) is 0 Å². The minimum absolute atomic E-state index is 0.134. The molecule has 3 rings (SSSR count). The third-order valence-corrected chi connectivity index (χ3v) is 4.45. The van der Waals surface area contributed by atoms with E-state index in [0.29, 0.717) is 36.3 Å². The van der Waals surface area contributed by atoms with Crippen LogP contribution in [0.1, 0.15) is 34.3 Å². The highest BCUT2D eigenvalue weighted by Gasteiger charge is 2.25. The second-order valence-electron chi connectivity index (χ2n) is 6.66. The maximum atomic E-state index is 12.5. The van der Waals surface area contributed by atoms with Crippen LogP contribution in [-0.2, 0) is 16.0 Å². The number of nitrogens with one attached hydrogen (secondary N) is 1. The van der Waals surface area contributed by atoms with Crippen LogP contribution in [-0.4, -0.2) is 30.0 Å². The summed E-state index contributed by atoms with van der Waals surface area (Å²) in [5.74, 6) is -0.912. The summed E-state index contributed by atoms with van der Waals surface area (Å²) in [6, 6.07) is 14.4. The molecule has 0 unspecified atom stereocenters. The largest absolute Gasteiger partial charge is 0.366 e. The van der Waals surface area contributed by atoms with Gasteiger partial charge in [0.05, 0.1) is 5.69 Å². The Bertz CT molecular complexity index is 952. The fraction of sp³-hybridized carbons (Fsp3) is 0.238. The molecule has 0 aromatic heterocycles. The van der Waals surface area contributed by atoms with Crippen molar-refractivity contribution < 1.29 is 14.4 Å². The van der Waals surface area contributed by atoms with E-state index in [9.17, 15) is 14.4 Å². The molecule has 28 heavy (non-hydrogen) atoms. The highest BCUT2D eigenvalue weighted by atomic mass is 16.2. The number of amides is 3. The normalized spacial score (nSPS) is 13.8. The van der Waals surface area contributed by atoms with Crippen molar-refractivity contribution in [2.75, 3.05) is 11.6 Å². The molecule has 1 heterocycles. The van der Waals surface area contributed by atoms with Gasteiger partial charge in [-0.25, -0.2) is 5.01 Å². The van der Waals surface area contributed by atoms with Crippen LogP contribution in [0.25, 0.3) is 0 Å². The molecule has 1 aliphatic heterocycles. The van der Waals surface area contributed by atoms with Gasteiger partial charge < -0.3 is 11.1 Å². The van der Waals surface area contributed by atoms with Gasteiger partial charge in [-0.05, 0) is 48.7 Å². The van der Waals surface area contributed by atoms with Crippen molar-refractivity contribution in [3.05, 3.63) is 65.2 Å². The number of hydrogen-bond donors (Lipinski definition) is 2. The van der Waals surface area contributed by atoms with Crippen LogP contribution in [0, 0.1) is 6.92 Å². The maximum Gasteiger partial charge on any atom is 0.267 e. The van der Waals surface area contributed by atoms with Crippen molar-refractivity contribution in [2.45, 2.75) is 26.2 Å². The molecule has 0 saturated heterocycles. The summed E-state index contributed by atoms with van der Waals surface area (Å²) < 4.78 is 0. The third kappa shape index (κ3) is 4.62. The number of nitrogens with zero attached hydrogens (tertiary/aromatic N) is 2. The monoisotopic (exact) mass is 378 g/mol. The van der Waals surface area contributed by atoms with Crippen molar-refractivity contribution in [1.82, 2.24) is 5.32 Å². The Balaban J connectivity index is 1.63. The van der Waals surface area contributed by atoms with Crippen LogP contribution >= 0.6 is 0 Å². The van der Waals surface area contributed by atoms with Crippen LogP contribution in [0.3, 0.4) is 0 Å². The van der Waals surface area contributed by atoms with Crippen LogP contribution in [0.2, 0.25) is 0 Å². The van der Waals surface area contributed by atoms with Gasteiger partial charge in [0.1, 0.15) is 5.71 Å². The summed E-state index contributed by atoms with van der Waals surface area (Å²) in [5.41, 5.74) is 8.61. The number of carbonyl (C=O) groups excluding carboxylic acids is 3. The second-order valence-corrected chi connectivity index (χ2v) is 6.66. The van der Waals surface area contributed by atoms with E-state index >= 15 is 0 Å². The molecule has 2 aromatic carbocycles. The quantitative estimate of drug-likeness (QED) is 0.802. The van der Waals surface area contributed by atoms with Crippen molar-refractivity contribution in [1.29, 1.82) is 0 Å². The molecule has 0 radical (unpaired) electrons. The van der Waals surface area contributed by atoms with E-state index in [-0.39, 0.29) is 18.2 Å². The first-order chi connectivity index (χ1) is 13.4. The smallest absolute Gasteiger partial charge is 0.267 e. The minimum atomic E-state index is -0.483. The van der Waals surface area contributed by atoms with E-state index in [2.05, 4.69) is 10.4 Å². The lowest BCUT2D eigenvalue weighted by Gasteiger charge is -2.23. The standard InChI is InChI=1S/C21H22N4O3/c1-14-4-2-7-17(12-14)25-19(26)9-8-18(24-25)21(28)23-11-10-15-5-3-6-16(13-15)20(22)27/h2-7,12-13H,8-11H2,1H3,(H2,22,27)(H,23,28). The molecule has 144 valence electrons. The average molecular weight is 378 g/mol. The Kier molecular flexibility index (Phi) is 5.84. The van der Waals surface area contributed by atoms with Gasteiger partial charge in [0.25, 0.3) is 5.91 Å². The van der Waals surface area contributed by atoms with Gasteiger partial charge in [0.2, 0.25) is 11.8 Å². The summed E-state index contributed by atoms with van der Waals surface area (Å²) in [6.07, 6.45) is 1.10. The Morgan fingerprint density at radius 1 is 1.14 bits per heavy atom. The molecule has 7 heteroatoms. The fourth-order valence-corrected chi connectivity index (χ4v) is 2.98. The highest BCUT2D eigenvalue weighted by molar-refractivity contribution is 6.40. The zero-order chi connectivity index (χ0) is 20.1. The van der Waals surface area contributed by atoms with E-state index in [0.717, 1.165) is 11.1 Å². The minimum Gasteiger partial charge on any atom is -0.366 e. The average Bonchev–Trinajstić information content (AvgIpc) is 2.68. The van der Waals surface area contributed by atoms with Gasteiger partial charge in [-0.2, -0.15) is 5.10 Å². The van der Waals surface area contributed by atoms with Crippen LogP contribution in [0.4, 0.5) is 5.69 Å². The van der Waals surface area contributed by atoms with E-state index in [4.69, 9.17) is 5.73 Å². The molecular formula is C21H22N4O3. The fourth-order valence-electron chi connectivity index (χ4n) is 2.98. The Morgan fingerprint density at radius 3 is 2.68 bits per heavy atom. The summed E-state index contributed by atoms with van der Waals surface area (Å²) in [4.78, 5) is 35.9. The van der Waals surface area contributed by atoms with Crippen molar-refractivity contribution in [3.63, 3.8) is 0 Å². The van der Waals surface area contributed by atoms with E-state index in [1.54, 1.807) is 24.3 Å². The van der Waals surface area contributed by atoms with Crippen molar-refractivity contribution >= 4 is 29.1 Å². The molecule has 0 fully saturated rings. The lowest BCUT2D eigenvalue weighted by molar-refractivity contribution is -0.118. The predicted molar refractivity (Wildman–Crippen MR) is 107 cm³/mol. The van der Waals surface area contributed by atoms with Crippen molar-refractivity contribution in [2.24, 2.45) is 10.8 Å². The number of aryl methyl sites for hydroxylation is 1. The molecule has 0 spiro atoms. The molecule has 1 aliphatic rings. The summed E-state index contributed by atoms with van der Waals surface area (Å²) in [7, 11) is 0. The van der Waals surface area contributed by atoms with Gasteiger partial charge >= 0.3 is 0 Å². The maximum absolute atomic E-state index is 12.5. The number of nitrogens with two attached hydrogens (primary N) is 1. The highest BCUT2D eigenvalue weighted by Crippen LogP contribution is 2.21. The Morgan fingerprint density at radius 2 is 1.93 bits per heavy atom. The zero-order valence-corrected chi connectivity index (χ0v) is 15.6. The molecule has 3 amide bonds. The molecule has 0 bridgehead atoms. The number of benzene rings is 2. The summed E-state index contributed by atoms with van der Waals surface area (Å²) >= 11 is 0. The van der Waals surface area contributed by atoms with Gasteiger partial charge in [-0.15, -0.1) is 0 Å². The lowest BCUT2D eigenvalue weighted by Crippen LogP contribution is -2.39. The first-order valence-electron chi connectivity index (χ1n) is 9.08. The number of hydrogen-bond acceptors (Lipinski definition) is 4. The molecule has 2 aromatic rings. The number of primary amides is 1. The summed E-state index contributed by atoms with van der Waals surface area (Å²) in [5, 5.41) is 8.38. The van der Waals surface area contributed by atoms with Gasteiger partial charge in [0, 0.05) is 24.9 Å². The van der Waals surface area contributed by atoms with Crippen LogP contribution in [0.15, 0.2) is 53.6 Å². The topological polar surface area (TPSA) is 105 Å². The molecule has 0 aliphatic carbocycles. The first-order valence-corrected chi connectivity index (χ1v) is 9.08. The molecule has 0 saturated carbocycles. The zero-order valence-electron chi connectivity index (χ0n) is 15.6. The Hall–Kier alpha value is -3.48. The number of hydrazone groups is 1. The van der Waals surface area contributed by atoms with Gasteiger partial charge in [0.15, 0.2) is 0 Å². The third-order valence-electron chi connectivity index (χ3n) is 4.45. The lowest BCUT2D eigenvalue weighted by atomic mass is 10.1. The van der Waals surface area contributed by atoms with Gasteiger partial charge in [-0.3, -0.25) is 14.4 Å². The molecule has 0 atom stereocenters. The van der Waals surface area contributed by atoms with Crippen LogP contribution < -0.4 is 16.1 Å². The second kappa shape index (κ2) is 8.47. The Labute approximate surface area is 163 Å². The molecular weight excluding hydrogens is 356 g/mol. The van der Waals surface area contributed by atoms with Gasteiger partial charge in [-0.1, -0.05) is 24.3 Å². The van der Waals surface area contributed by atoms with E-state index < -0.39 is 5.91 Å². The first kappa shape index (κ1) is 19.3. The van der Waals surface area contributed by atoms with E-state index in [1.807, 2.05) is 31.2 Å². The number of rotatable bonds is 6. The number of anilines is 1. The molecule has 7 nitrogen and oxygen atoms in total. The van der Waals surface area contributed by atoms with Crippen molar-refractivity contribution in [3.8, 4) is 0 Å². The number of carbonyl (C=O) groups is 3.